The Kier molecular flexibility index (Phi) is 7.53. The fourth-order valence-corrected chi connectivity index (χ4v) is 1.28. The van der Waals surface area contributed by atoms with Gasteiger partial charge in [-0.15, -0.1) is 0 Å². The van der Waals surface area contributed by atoms with Gasteiger partial charge in [-0.2, -0.15) is 5.26 Å². The first kappa shape index (κ1) is 11.9. The Bertz CT molecular complexity index is 142. The molecule has 0 fully saturated rings. The third-order valence-corrected chi connectivity index (χ3v) is 2.93. The Balaban J connectivity index is 3.60. The highest BCUT2D eigenvalue weighted by Gasteiger charge is 2.06. The van der Waals surface area contributed by atoms with E-state index in [2.05, 4.69) is 40.7 Å². The molecular weight excluding hydrogens is 216 g/mol. The summed E-state index contributed by atoms with van der Waals surface area (Å²) >= 11 is 3.45. The predicted molar refractivity (Wildman–Crippen MR) is 55.3 cm³/mol. The Morgan fingerprint density at radius 3 is 2.67 bits per heavy atom. The van der Waals surface area contributed by atoms with Gasteiger partial charge in [0.1, 0.15) is 0 Å². The number of nitriles is 1. The standard InChI is InChI=1S/C9H17BrN2/c1-3-12(6-4-5-11)8-9(2)7-10/h9H,3-4,6-8H2,1-2H3. The molecule has 0 rings (SSSR count). The lowest BCUT2D eigenvalue weighted by Gasteiger charge is -2.21. The largest absolute Gasteiger partial charge is 0.302 e. The van der Waals surface area contributed by atoms with E-state index in [0.717, 1.165) is 25.0 Å². The van der Waals surface area contributed by atoms with Crippen molar-refractivity contribution in [3.05, 3.63) is 0 Å². The van der Waals surface area contributed by atoms with Gasteiger partial charge in [0.15, 0.2) is 0 Å². The molecule has 0 spiro atoms. The summed E-state index contributed by atoms with van der Waals surface area (Å²) < 4.78 is 0. The molecule has 0 heterocycles. The van der Waals surface area contributed by atoms with E-state index in [4.69, 9.17) is 5.26 Å². The van der Waals surface area contributed by atoms with Gasteiger partial charge in [-0.1, -0.05) is 29.8 Å². The van der Waals surface area contributed by atoms with Crippen LogP contribution < -0.4 is 0 Å². The molecule has 0 aromatic carbocycles. The number of halogens is 1. The summed E-state index contributed by atoms with van der Waals surface area (Å²) in [7, 11) is 0. The summed E-state index contributed by atoms with van der Waals surface area (Å²) in [5.74, 6) is 0.670. The van der Waals surface area contributed by atoms with Crippen molar-refractivity contribution in [1.82, 2.24) is 4.90 Å². The zero-order valence-corrected chi connectivity index (χ0v) is 9.47. The summed E-state index contributed by atoms with van der Waals surface area (Å²) in [4.78, 5) is 2.31. The molecule has 0 aromatic rings. The number of nitrogens with zero attached hydrogens (tertiary/aromatic N) is 2. The van der Waals surface area contributed by atoms with Crippen LogP contribution in [0.1, 0.15) is 20.3 Å². The maximum atomic E-state index is 8.42. The fourth-order valence-electron chi connectivity index (χ4n) is 1.08. The Hall–Kier alpha value is -0.0700. The van der Waals surface area contributed by atoms with Gasteiger partial charge >= 0.3 is 0 Å². The lowest BCUT2D eigenvalue weighted by atomic mass is 10.2. The van der Waals surface area contributed by atoms with E-state index in [9.17, 15) is 0 Å². The molecule has 2 nitrogen and oxygen atoms in total. The maximum absolute atomic E-state index is 8.42. The van der Waals surface area contributed by atoms with Crippen molar-refractivity contribution >= 4 is 15.9 Å². The highest BCUT2D eigenvalue weighted by Crippen LogP contribution is 2.03. The van der Waals surface area contributed by atoms with E-state index in [1.54, 1.807) is 0 Å². The molecule has 12 heavy (non-hydrogen) atoms. The van der Waals surface area contributed by atoms with Crippen LogP contribution in [0.2, 0.25) is 0 Å². The molecule has 0 aliphatic carbocycles. The lowest BCUT2D eigenvalue weighted by Crippen LogP contribution is -2.29. The van der Waals surface area contributed by atoms with Gasteiger partial charge in [-0.25, -0.2) is 0 Å². The molecule has 0 bridgehead atoms. The second kappa shape index (κ2) is 7.57. The summed E-state index contributed by atoms with van der Waals surface area (Å²) in [6, 6.07) is 2.17. The maximum Gasteiger partial charge on any atom is 0.0635 e. The molecule has 0 radical (unpaired) electrons. The highest BCUT2D eigenvalue weighted by atomic mass is 79.9. The first-order valence-corrected chi connectivity index (χ1v) is 5.52. The zero-order chi connectivity index (χ0) is 9.40. The summed E-state index contributed by atoms with van der Waals surface area (Å²) in [5.41, 5.74) is 0. The Morgan fingerprint density at radius 2 is 2.25 bits per heavy atom. The van der Waals surface area contributed by atoms with Crippen molar-refractivity contribution in [2.45, 2.75) is 20.3 Å². The number of hydrogen-bond acceptors (Lipinski definition) is 2. The molecule has 3 heteroatoms. The number of alkyl halides is 1. The van der Waals surface area contributed by atoms with E-state index in [1.165, 1.54) is 0 Å². The molecule has 0 aliphatic rings. The molecule has 70 valence electrons. The SMILES string of the molecule is CCN(CCC#N)CC(C)CBr. The second-order valence-corrected chi connectivity index (χ2v) is 3.71. The van der Waals surface area contributed by atoms with Gasteiger partial charge in [0.25, 0.3) is 0 Å². The monoisotopic (exact) mass is 232 g/mol. The van der Waals surface area contributed by atoms with Crippen molar-refractivity contribution in [3.63, 3.8) is 0 Å². The number of rotatable bonds is 6. The molecule has 0 aromatic heterocycles. The average molecular weight is 233 g/mol. The minimum atomic E-state index is 0.642. The molecule has 0 N–H and O–H groups in total. The second-order valence-electron chi connectivity index (χ2n) is 3.06. The van der Waals surface area contributed by atoms with Crippen LogP contribution in [0.25, 0.3) is 0 Å². The van der Waals surface area contributed by atoms with Crippen LogP contribution in [0.5, 0.6) is 0 Å². The highest BCUT2D eigenvalue weighted by molar-refractivity contribution is 9.09. The molecule has 0 saturated carbocycles. The first-order valence-electron chi connectivity index (χ1n) is 4.39. The molecule has 1 unspecified atom stereocenters. The average Bonchev–Trinajstić information content (AvgIpc) is 2.11. The third-order valence-electron chi connectivity index (χ3n) is 1.82. The van der Waals surface area contributed by atoms with Crippen LogP contribution in [0.15, 0.2) is 0 Å². The van der Waals surface area contributed by atoms with Crippen molar-refractivity contribution in [2.24, 2.45) is 5.92 Å². The predicted octanol–water partition coefficient (Wildman–Crippen LogP) is 2.25. The van der Waals surface area contributed by atoms with Crippen LogP contribution in [0.3, 0.4) is 0 Å². The van der Waals surface area contributed by atoms with E-state index >= 15 is 0 Å². The molecular formula is C9H17BrN2. The molecule has 0 amide bonds. The van der Waals surface area contributed by atoms with Crippen molar-refractivity contribution in [2.75, 3.05) is 25.0 Å². The molecule has 0 saturated heterocycles. The van der Waals surface area contributed by atoms with Crippen LogP contribution in [0.4, 0.5) is 0 Å². The van der Waals surface area contributed by atoms with Gasteiger partial charge in [-0.05, 0) is 12.5 Å². The quantitative estimate of drug-likeness (QED) is 0.658. The van der Waals surface area contributed by atoms with Gasteiger partial charge in [0.2, 0.25) is 0 Å². The van der Waals surface area contributed by atoms with Crippen molar-refractivity contribution < 1.29 is 0 Å². The van der Waals surface area contributed by atoms with Crippen LogP contribution in [-0.2, 0) is 0 Å². The Labute approximate surface area is 83.7 Å². The topological polar surface area (TPSA) is 27.0 Å². The zero-order valence-electron chi connectivity index (χ0n) is 7.89. The minimum absolute atomic E-state index is 0.642. The smallest absolute Gasteiger partial charge is 0.0635 e. The van der Waals surface area contributed by atoms with E-state index < -0.39 is 0 Å². The molecule has 1 atom stereocenters. The van der Waals surface area contributed by atoms with E-state index in [0.29, 0.717) is 12.3 Å². The van der Waals surface area contributed by atoms with Crippen LogP contribution in [-0.4, -0.2) is 29.9 Å². The van der Waals surface area contributed by atoms with Gasteiger partial charge in [0, 0.05) is 24.8 Å². The summed E-state index contributed by atoms with van der Waals surface area (Å²) in [6.45, 7) is 7.38. The van der Waals surface area contributed by atoms with Crippen LogP contribution in [0, 0.1) is 17.2 Å². The van der Waals surface area contributed by atoms with E-state index in [-0.39, 0.29) is 0 Å². The lowest BCUT2D eigenvalue weighted by molar-refractivity contribution is 0.264. The van der Waals surface area contributed by atoms with Crippen LogP contribution >= 0.6 is 15.9 Å². The summed E-state index contributed by atoms with van der Waals surface area (Å²) in [6.07, 6.45) is 0.642. The first-order chi connectivity index (χ1) is 5.74. The van der Waals surface area contributed by atoms with Crippen molar-refractivity contribution in [1.29, 1.82) is 5.26 Å². The minimum Gasteiger partial charge on any atom is -0.302 e. The third kappa shape index (κ3) is 5.56. The molecule has 0 aliphatic heterocycles. The Morgan fingerprint density at radius 1 is 1.58 bits per heavy atom. The normalized spacial score (nSPS) is 12.9. The van der Waals surface area contributed by atoms with Crippen molar-refractivity contribution in [3.8, 4) is 6.07 Å². The van der Waals surface area contributed by atoms with Gasteiger partial charge < -0.3 is 4.90 Å². The summed E-state index contributed by atoms with van der Waals surface area (Å²) in [5, 5.41) is 9.45. The fraction of sp³-hybridized carbons (Fsp3) is 0.889. The van der Waals surface area contributed by atoms with E-state index in [1.807, 2.05) is 0 Å². The number of hydrogen-bond donors (Lipinski definition) is 0. The van der Waals surface area contributed by atoms with Gasteiger partial charge in [0.05, 0.1) is 6.07 Å². The van der Waals surface area contributed by atoms with Gasteiger partial charge in [-0.3, -0.25) is 0 Å².